The van der Waals surface area contributed by atoms with Gasteiger partial charge in [-0.3, -0.25) is 0 Å². The lowest BCUT2D eigenvalue weighted by Crippen LogP contribution is -2.65. The van der Waals surface area contributed by atoms with E-state index in [1.165, 1.54) is 14.7 Å². The summed E-state index contributed by atoms with van der Waals surface area (Å²) >= 11 is 0. The van der Waals surface area contributed by atoms with Crippen LogP contribution in [0.2, 0.25) is 0 Å². The van der Waals surface area contributed by atoms with Crippen LogP contribution in [0.15, 0.2) is 0 Å². The van der Waals surface area contributed by atoms with Crippen LogP contribution in [-0.4, -0.2) is 26.2 Å². The Kier molecular flexibility index (Phi) is 6.41. The quantitative estimate of drug-likeness (QED) is 0.661. The Labute approximate surface area is 121 Å². The first-order valence-corrected chi connectivity index (χ1v) is 7.32. The van der Waals surface area contributed by atoms with Crippen molar-refractivity contribution < 1.29 is 13.4 Å². The molecular formula is C14H24BF2N2O. The average molecular weight is 285 g/mol. The van der Waals surface area contributed by atoms with Crippen LogP contribution in [0.1, 0.15) is 52.4 Å². The van der Waals surface area contributed by atoms with Gasteiger partial charge in [0.15, 0.2) is 0 Å². The van der Waals surface area contributed by atoms with Crippen LogP contribution in [-0.2, 0) is 4.65 Å². The Hall–Kier alpha value is -0.665. The largest absolute Gasteiger partial charge is 0.427 e. The van der Waals surface area contributed by atoms with Crippen molar-refractivity contribution in [2.75, 3.05) is 7.11 Å². The minimum atomic E-state index is -2.58. The van der Waals surface area contributed by atoms with Crippen molar-refractivity contribution in [2.24, 2.45) is 11.8 Å². The summed E-state index contributed by atoms with van der Waals surface area (Å²) < 4.78 is 31.6. The Morgan fingerprint density at radius 3 is 2.35 bits per heavy atom. The van der Waals surface area contributed by atoms with Gasteiger partial charge in [0.25, 0.3) is 5.92 Å². The van der Waals surface area contributed by atoms with Crippen molar-refractivity contribution in [2.45, 2.75) is 63.8 Å². The normalized spacial score (nSPS) is 22.4. The molecule has 1 aliphatic rings. The predicted octanol–water partition coefficient (Wildman–Crippen LogP) is 3.28. The molecule has 0 spiro atoms. The summed E-state index contributed by atoms with van der Waals surface area (Å²) in [6.45, 7) is 4.00. The summed E-state index contributed by atoms with van der Waals surface area (Å²) in [5, 5.41) is 12.0. The first-order valence-electron chi connectivity index (χ1n) is 7.32. The van der Waals surface area contributed by atoms with Crippen molar-refractivity contribution in [3.8, 4) is 6.07 Å². The summed E-state index contributed by atoms with van der Waals surface area (Å²) in [4.78, 5) is 0. The maximum Gasteiger partial charge on any atom is 0.396 e. The van der Waals surface area contributed by atoms with Gasteiger partial charge in [-0.15, -0.1) is 0 Å². The van der Waals surface area contributed by atoms with E-state index < -0.39 is 11.5 Å². The van der Waals surface area contributed by atoms with E-state index in [1.807, 2.05) is 13.8 Å². The Balaban J connectivity index is 2.65. The Morgan fingerprint density at radius 1 is 1.30 bits per heavy atom. The molecule has 1 radical (unpaired) electrons. The standard InChI is InChI=1S/C14H24BF2N2O/c1-4-11(8-18)6-7-12(5-2)13(19-15-20-3)9-14(16,17)10-13/h11-12,19H,4-7,9-10H2,1-3H3/t11?,12-/m1/s1. The lowest BCUT2D eigenvalue weighted by Gasteiger charge is -2.53. The van der Waals surface area contributed by atoms with Gasteiger partial charge in [-0.25, -0.2) is 8.78 Å². The number of hydrogen-bond donors (Lipinski definition) is 1. The molecular weight excluding hydrogens is 261 g/mol. The van der Waals surface area contributed by atoms with Crippen LogP contribution in [0, 0.1) is 23.2 Å². The monoisotopic (exact) mass is 285 g/mol. The van der Waals surface area contributed by atoms with Crippen LogP contribution < -0.4 is 5.23 Å². The van der Waals surface area contributed by atoms with Crippen molar-refractivity contribution >= 4 is 7.62 Å². The minimum absolute atomic E-state index is 0.0214. The SMILES string of the molecule is CCC(C#N)CC[C@@H](CC)C1(N[B]OC)CC(F)(F)C1. The van der Waals surface area contributed by atoms with Gasteiger partial charge >= 0.3 is 7.62 Å². The first-order chi connectivity index (χ1) is 9.43. The van der Waals surface area contributed by atoms with Gasteiger partial charge in [0.1, 0.15) is 0 Å². The highest BCUT2D eigenvalue weighted by atomic mass is 19.3. The van der Waals surface area contributed by atoms with Crippen LogP contribution in [0.3, 0.4) is 0 Å². The van der Waals surface area contributed by atoms with Crippen molar-refractivity contribution in [3.63, 3.8) is 0 Å². The predicted molar refractivity (Wildman–Crippen MR) is 75.2 cm³/mol. The molecule has 0 amide bonds. The van der Waals surface area contributed by atoms with Gasteiger partial charge in [-0.2, -0.15) is 5.26 Å². The molecule has 0 aromatic rings. The van der Waals surface area contributed by atoms with E-state index in [0.717, 1.165) is 25.7 Å². The van der Waals surface area contributed by atoms with E-state index in [9.17, 15) is 8.78 Å². The molecule has 6 heteroatoms. The second kappa shape index (κ2) is 7.37. The van der Waals surface area contributed by atoms with Crippen molar-refractivity contribution in [1.82, 2.24) is 5.23 Å². The lowest BCUT2D eigenvalue weighted by molar-refractivity contribution is -0.148. The zero-order valence-corrected chi connectivity index (χ0v) is 12.6. The molecule has 1 saturated carbocycles. The molecule has 0 aromatic carbocycles. The molecule has 1 N–H and O–H groups in total. The maximum atomic E-state index is 13.3. The molecule has 1 aliphatic carbocycles. The maximum absolute atomic E-state index is 13.3. The second-order valence-corrected chi connectivity index (χ2v) is 5.78. The van der Waals surface area contributed by atoms with Gasteiger partial charge < -0.3 is 9.88 Å². The molecule has 20 heavy (non-hydrogen) atoms. The molecule has 2 atom stereocenters. The van der Waals surface area contributed by atoms with Gasteiger partial charge in [0.2, 0.25) is 0 Å². The number of nitrogens with one attached hydrogen (secondary N) is 1. The van der Waals surface area contributed by atoms with Crippen LogP contribution in [0.5, 0.6) is 0 Å². The third-order valence-electron chi connectivity index (χ3n) is 4.43. The minimum Gasteiger partial charge on any atom is -0.427 e. The molecule has 0 aliphatic heterocycles. The van der Waals surface area contributed by atoms with Crippen LogP contribution in [0.4, 0.5) is 8.78 Å². The topological polar surface area (TPSA) is 45.0 Å². The third-order valence-corrected chi connectivity index (χ3v) is 4.43. The molecule has 3 nitrogen and oxygen atoms in total. The van der Waals surface area contributed by atoms with E-state index in [1.54, 1.807) is 0 Å². The lowest BCUT2D eigenvalue weighted by atomic mass is 9.62. The second-order valence-electron chi connectivity index (χ2n) is 5.78. The fraction of sp³-hybridized carbons (Fsp3) is 0.929. The zero-order valence-electron chi connectivity index (χ0n) is 12.6. The number of halogens is 2. The van der Waals surface area contributed by atoms with Crippen molar-refractivity contribution in [3.05, 3.63) is 0 Å². The summed E-state index contributed by atoms with van der Waals surface area (Å²) in [5.41, 5.74) is -0.581. The number of alkyl halides is 2. The Morgan fingerprint density at radius 2 is 1.95 bits per heavy atom. The van der Waals surface area contributed by atoms with E-state index in [0.29, 0.717) is 0 Å². The van der Waals surface area contributed by atoms with Gasteiger partial charge in [0, 0.05) is 31.4 Å². The third kappa shape index (κ3) is 4.16. The smallest absolute Gasteiger partial charge is 0.396 e. The highest BCUT2D eigenvalue weighted by molar-refractivity contribution is 6.23. The van der Waals surface area contributed by atoms with E-state index in [2.05, 4.69) is 11.3 Å². The molecule has 113 valence electrons. The molecule has 1 rings (SSSR count). The molecule has 0 aromatic heterocycles. The summed E-state index contributed by atoms with van der Waals surface area (Å²) in [5.74, 6) is -2.43. The number of hydrogen-bond acceptors (Lipinski definition) is 3. The summed E-state index contributed by atoms with van der Waals surface area (Å²) in [6.07, 6.45) is 2.90. The molecule has 1 unspecified atom stereocenters. The fourth-order valence-corrected chi connectivity index (χ4v) is 3.19. The van der Waals surface area contributed by atoms with Gasteiger partial charge in [-0.1, -0.05) is 20.3 Å². The molecule has 0 saturated heterocycles. The highest BCUT2D eigenvalue weighted by Gasteiger charge is 2.58. The molecule has 0 bridgehead atoms. The first kappa shape index (κ1) is 17.4. The van der Waals surface area contributed by atoms with E-state index in [-0.39, 0.29) is 24.7 Å². The Bertz CT molecular complexity index is 339. The van der Waals surface area contributed by atoms with Crippen molar-refractivity contribution in [1.29, 1.82) is 5.26 Å². The highest BCUT2D eigenvalue weighted by Crippen LogP contribution is 2.51. The van der Waals surface area contributed by atoms with Crippen LogP contribution >= 0.6 is 0 Å². The fourth-order valence-electron chi connectivity index (χ4n) is 3.19. The van der Waals surface area contributed by atoms with Gasteiger partial charge in [-0.05, 0) is 25.2 Å². The van der Waals surface area contributed by atoms with E-state index >= 15 is 0 Å². The molecule has 1 fully saturated rings. The average Bonchev–Trinajstić information content (AvgIpc) is 2.39. The van der Waals surface area contributed by atoms with Gasteiger partial charge in [0.05, 0.1) is 6.07 Å². The number of nitriles is 1. The summed E-state index contributed by atoms with van der Waals surface area (Å²) in [6, 6.07) is 2.28. The van der Waals surface area contributed by atoms with E-state index in [4.69, 9.17) is 9.92 Å². The number of rotatable bonds is 9. The van der Waals surface area contributed by atoms with Crippen LogP contribution in [0.25, 0.3) is 0 Å². The molecule has 0 heterocycles. The summed E-state index contributed by atoms with van der Waals surface area (Å²) in [7, 11) is 2.90. The number of nitrogens with zero attached hydrogens (tertiary/aromatic N) is 1. The zero-order chi connectivity index (χ0) is 15.2.